The molecule has 4 nitrogen and oxygen atoms in total. The van der Waals surface area contributed by atoms with Crippen LogP contribution >= 0.6 is 0 Å². The third-order valence-corrected chi connectivity index (χ3v) is 3.53. The highest BCUT2D eigenvalue weighted by molar-refractivity contribution is 5.78. The topological polar surface area (TPSA) is 56.1 Å². The van der Waals surface area contributed by atoms with Crippen molar-refractivity contribution >= 4 is 5.91 Å². The van der Waals surface area contributed by atoms with Crippen LogP contribution in [0, 0.1) is 17.2 Å². The summed E-state index contributed by atoms with van der Waals surface area (Å²) in [5.74, 6) is 0.314. The van der Waals surface area contributed by atoms with Gasteiger partial charge in [-0.2, -0.15) is 5.26 Å². The molecule has 1 heterocycles. The van der Waals surface area contributed by atoms with Crippen molar-refractivity contribution in [3.05, 3.63) is 35.4 Å². The second-order valence-electron chi connectivity index (χ2n) is 5.05. The van der Waals surface area contributed by atoms with Crippen LogP contribution in [0.2, 0.25) is 0 Å². The molecule has 19 heavy (non-hydrogen) atoms. The van der Waals surface area contributed by atoms with Crippen molar-refractivity contribution in [2.75, 3.05) is 20.1 Å². The molecule has 1 saturated heterocycles. The maximum absolute atomic E-state index is 12.3. The Labute approximate surface area is 114 Å². The van der Waals surface area contributed by atoms with E-state index >= 15 is 0 Å². The summed E-state index contributed by atoms with van der Waals surface area (Å²) in [5.41, 5.74) is 1.70. The molecule has 1 aromatic rings. The number of hydrogen-bond donors (Lipinski definition) is 1. The molecule has 0 aromatic heterocycles. The lowest BCUT2D eigenvalue weighted by atomic mass is 9.98. The largest absolute Gasteiger partial charge is 0.341 e. The lowest BCUT2D eigenvalue weighted by molar-refractivity contribution is -0.135. The summed E-state index contributed by atoms with van der Waals surface area (Å²) in [5, 5.41) is 12.0. The van der Waals surface area contributed by atoms with Gasteiger partial charge >= 0.3 is 0 Å². The molecule has 1 aliphatic rings. The number of amides is 1. The summed E-state index contributed by atoms with van der Waals surface area (Å²) < 4.78 is 0. The number of piperidine rings is 1. The Balaban J connectivity index is 1.93. The Bertz CT molecular complexity index is 469. The smallest absolute Gasteiger partial charge is 0.227 e. The monoisotopic (exact) mass is 257 g/mol. The van der Waals surface area contributed by atoms with Gasteiger partial charge in [0.25, 0.3) is 0 Å². The number of nitrogens with one attached hydrogen (secondary N) is 1. The highest BCUT2D eigenvalue weighted by Crippen LogP contribution is 2.14. The van der Waals surface area contributed by atoms with Gasteiger partial charge < -0.3 is 10.2 Å². The van der Waals surface area contributed by atoms with Crippen LogP contribution in [0.4, 0.5) is 0 Å². The summed E-state index contributed by atoms with van der Waals surface area (Å²) >= 11 is 0. The predicted molar refractivity (Wildman–Crippen MR) is 73.2 cm³/mol. The second kappa shape index (κ2) is 6.35. The van der Waals surface area contributed by atoms with E-state index in [1.165, 1.54) is 0 Å². The third kappa shape index (κ3) is 3.55. The normalized spacial score (nSPS) is 18.6. The fourth-order valence-electron chi connectivity index (χ4n) is 2.41. The van der Waals surface area contributed by atoms with Crippen LogP contribution in [0.15, 0.2) is 24.3 Å². The number of benzene rings is 1. The van der Waals surface area contributed by atoms with Gasteiger partial charge in [0.1, 0.15) is 0 Å². The molecule has 1 amide bonds. The van der Waals surface area contributed by atoms with Crippen LogP contribution < -0.4 is 5.32 Å². The van der Waals surface area contributed by atoms with Crippen LogP contribution in [0.3, 0.4) is 0 Å². The first kappa shape index (κ1) is 13.6. The molecular weight excluding hydrogens is 238 g/mol. The van der Waals surface area contributed by atoms with E-state index in [-0.39, 0.29) is 11.8 Å². The minimum atomic E-state index is 0.108. The van der Waals surface area contributed by atoms with Gasteiger partial charge in [-0.05, 0) is 37.1 Å². The van der Waals surface area contributed by atoms with E-state index in [2.05, 4.69) is 11.4 Å². The number of hydrogen-bond acceptors (Lipinski definition) is 3. The van der Waals surface area contributed by atoms with Crippen molar-refractivity contribution in [1.82, 2.24) is 10.2 Å². The molecule has 100 valence electrons. The van der Waals surface area contributed by atoms with Crippen LogP contribution in [-0.4, -0.2) is 30.9 Å². The number of carbonyl (C=O) groups is 1. The molecule has 0 spiro atoms. The lowest BCUT2D eigenvalue weighted by Gasteiger charge is -2.27. The number of carbonyl (C=O) groups excluding carboxylic acids is 1. The molecule has 1 N–H and O–H groups in total. The molecule has 2 rings (SSSR count). The zero-order chi connectivity index (χ0) is 13.7. The average molecular weight is 257 g/mol. The SMILES string of the molecule is CN(Cc1ccc(C#N)cc1)C(=O)C1CCCNC1. The van der Waals surface area contributed by atoms with E-state index in [9.17, 15) is 4.79 Å². The predicted octanol–water partition coefficient (Wildman–Crippen LogP) is 1.52. The van der Waals surface area contributed by atoms with Gasteiger partial charge in [-0.1, -0.05) is 12.1 Å². The highest BCUT2D eigenvalue weighted by atomic mass is 16.2. The molecule has 0 saturated carbocycles. The number of nitrogens with zero attached hydrogens (tertiary/aromatic N) is 2. The average Bonchev–Trinajstić information content (AvgIpc) is 2.48. The number of rotatable bonds is 3. The molecule has 0 bridgehead atoms. The maximum Gasteiger partial charge on any atom is 0.227 e. The van der Waals surface area contributed by atoms with Crippen LogP contribution in [0.5, 0.6) is 0 Å². The third-order valence-electron chi connectivity index (χ3n) is 3.53. The number of nitriles is 1. The maximum atomic E-state index is 12.3. The van der Waals surface area contributed by atoms with E-state index in [1.54, 1.807) is 17.0 Å². The van der Waals surface area contributed by atoms with Crippen molar-refractivity contribution < 1.29 is 4.79 Å². The molecule has 1 aliphatic heterocycles. The summed E-state index contributed by atoms with van der Waals surface area (Å²) in [6.07, 6.45) is 2.05. The molecule has 0 aliphatic carbocycles. The van der Waals surface area contributed by atoms with Crippen molar-refractivity contribution in [3.63, 3.8) is 0 Å². The molecule has 1 unspecified atom stereocenters. The van der Waals surface area contributed by atoms with E-state index in [0.29, 0.717) is 12.1 Å². The van der Waals surface area contributed by atoms with Gasteiger partial charge in [0.2, 0.25) is 5.91 Å². The van der Waals surface area contributed by atoms with Gasteiger partial charge in [0.15, 0.2) is 0 Å². The van der Waals surface area contributed by atoms with E-state index in [0.717, 1.165) is 31.5 Å². The summed E-state index contributed by atoms with van der Waals surface area (Å²) in [6, 6.07) is 9.48. The van der Waals surface area contributed by atoms with Crippen LogP contribution in [0.25, 0.3) is 0 Å². The van der Waals surface area contributed by atoms with Crippen molar-refractivity contribution in [2.24, 2.45) is 5.92 Å². The highest BCUT2D eigenvalue weighted by Gasteiger charge is 2.23. The molecule has 1 fully saturated rings. The fourth-order valence-corrected chi connectivity index (χ4v) is 2.41. The van der Waals surface area contributed by atoms with Gasteiger partial charge in [-0.3, -0.25) is 4.79 Å². The molecule has 1 aromatic carbocycles. The zero-order valence-corrected chi connectivity index (χ0v) is 11.2. The first-order valence-electron chi connectivity index (χ1n) is 6.65. The quantitative estimate of drug-likeness (QED) is 0.893. The summed E-state index contributed by atoms with van der Waals surface area (Å²) in [6.45, 7) is 2.40. The van der Waals surface area contributed by atoms with Crippen LogP contribution in [0.1, 0.15) is 24.0 Å². The Morgan fingerprint density at radius 2 is 2.21 bits per heavy atom. The first-order valence-corrected chi connectivity index (χ1v) is 6.65. The van der Waals surface area contributed by atoms with Crippen LogP contribution in [-0.2, 0) is 11.3 Å². The van der Waals surface area contributed by atoms with Crippen molar-refractivity contribution in [3.8, 4) is 6.07 Å². The Hall–Kier alpha value is -1.86. The van der Waals surface area contributed by atoms with E-state index < -0.39 is 0 Å². The second-order valence-corrected chi connectivity index (χ2v) is 5.05. The molecule has 1 atom stereocenters. The molecular formula is C15H19N3O. The fraction of sp³-hybridized carbons (Fsp3) is 0.467. The minimum Gasteiger partial charge on any atom is -0.341 e. The van der Waals surface area contributed by atoms with Crippen molar-refractivity contribution in [1.29, 1.82) is 5.26 Å². The Morgan fingerprint density at radius 3 is 2.79 bits per heavy atom. The van der Waals surface area contributed by atoms with E-state index in [1.807, 2.05) is 19.2 Å². The van der Waals surface area contributed by atoms with Gasteiger partial charge in [0.05, 0.1) is 17.6 Å². The lowest BCUT2D eigenvalue weighted by Crippen LogP contribution is -2.41. The summed E-state index contributed by atoms with van der Waals surface area (Å²) in [4.78, 5) is 14.0. The standard InChI is InChI=1S/C15H19N3O/c1-18(15(19)14-3-2-8-17-10-14)11-13-6-4-12(9-16)5-7-13/h4-7,14,17H,2-3,8,10-11H2,1H3. The van der Waals surface area contributed by atoms with Gasteiger partial charge in [0, 0.05) is 20.1 Å². The Kier molecular flexibility index (Phi) is 4.53. The molecule has 4 heteroatoms. The Morgan fingerprint density at radius 1 is 1.47 bits per heavy atom. The van der Waals surface area contributed by atoms with Crippen molar-refractivity contribution in [2.45, 2.75) is 19.4 Å². The van der Waals surface area contributed by atoms with Gasteiger partial charge in [-0.25, -0.2) is 0 Å². The van der Waals surface area contributed by atoms with E-state index in [4.69, 9.17) is 5.26 Å². The summed E-state index contributed by atoms with van der Waals surface area (Å²) in [7, 11) is 1.84. The molecule has 0 radical (unpaired) electrons. The van der Waals surface area contributed by atoms with Gasteiger partial charge in [-0.15, -0.1) is 0 Å². The minimum absolute atomic E-state index is 0.108. The first-order chi connectivity index (χ1) is 9.20. The zero-order valence-electron chi connectivity index (χ0n) is 11.2.